The summed E-state index contributed by atoms with van der Waals surface area (Å²) in [4.78, 5) is 29.6. The topological polar surface area (TPSA) is 79.3 Å². The number of amides is 1. The average molecular weight is 459 g/mol. The highest BCUT2D eigenvalue weighted by molar-refractivity contribution is 6.46. The van der Waals surface area contributed by atoms with E-state index in [9.17, 15) is 14.7 Å². The van der Waals surface area contributed by atoms with Gasteiger partial charge in [-0.2, -0.15) is 0 Å². The summed E-state index contributed by atoms with van der Waals surface area (Å²) in [5.74, 6) is -0.619. The Morgan fingerprint density at radius 3 is 2.50 bits per heavy atom. The van der Waals surface area contributed by atoms with E-state index in [1.54, 1.807) is 37.4 Å². The molecule has 1 N–H and O–H groups in total. The van der Waals surface area contributed by atoms with Gasteiger partial charge < -0.3 is 24.4 Å². The van der Waals surface area contributed by atoms with E-state index in [4.69, 9.17) is 21.1 Å². The molecule has 2 aromatic rings. The fourth-order valence-corrected chi connectivity index (χ4v) is 4.05. The summed E-state index contributed by atoms with van der Waals surface area (Å²) < 4.78 is 10.5. The number of hydrogen-bond acceptors (Lipinski definition) is 6. The first-order valence-corrected chi connectivity index (χ1v) is 10.6. The Morgan fingerprint density at radius 2 is 1.88 bits per heavy atom. The van der Waals surface area contributed by atoms with Crippen LogP contribution in [0, 0.1) is 0 Å². The van der Waals surface area contributed by atoms with Crippen molar-refractivity contribution in [3.63, 3.8) is 0 Å². The summed E-state index contributed by atoms with van der Waals surface area (Å²) in [6, 6.07) is 11.1. The van der Waals surface area contributed by atoms with Crippen LogP contribution in [-0.4, -0.2) is 68.0 Å². The molecule has 170 valence electrons. The average Bonchev–Trinajstić information content (AvgIpc) is 3.03. The largest absolute Gasteiger partial charge is 0.507 e. The second-order valence-corrected chi connectivity index (χ2v) is 8.18. The van der Waals surface area contributed by atoms with E-state index in [2.05, 4.69) is 0 Å². The van der Waals surface area contributed by atoms with Crippen LogP contribution in [0.1, 0.15) is 23.6 Å². The zero-order valence-electron chi connectivity index (χ0n) is 18.6. The Kier molecular flexibility index (Phi) is 7.43. The molecule has 1 atom stereocenters. The van der Waals surface area contributed by atoms with E-state index in [1.807, 2.05) is 25.1 Å². The van der Waals surface area contributed by atoms with Crippen molar-refractivity contribution in [2.75, 3.05) is 41.4 Å². The van der Waals surface area contributed by atoms with Crippen LogP contribution < -0.4 is 9.47 Å². The molecule has 1 heterocycles. The molecule has 3 rings (SSSR count). The first kappa shape index (κ1) is 23.6. The van der Waals surface area contributed by atoms with Crippen molar-refractivity contribution < 1.29 is 24.2 Å². The second-order valence-electron chi connectivity index (χ2n) is 7.78. The molecule has 0 aliphatic carbocycles. The molecule has 1 aliphatic heterocycles. The molecule has 2 aromatic carbocycles. The summed E-state index contributed by atoms with van der Waals surface area (Å²) in [6.45, 7) is 1.12. The number of carbonyl (C=O) groups is 2. The van der Waals surface area contributed by atoms with Gasteiger partial charge in [-0.25, -0.2) is 0 Å². The number of hydrogen-bond donors (Lipinski definition) is 1. The van der Waals surface area contributed by atoms with Crippen LogP contribution in [0.15, 0.2) is 48.0 Å². The van der Waals surface area contributed by atoms with Crippen LogP contribution in [0.3, 0.4) is 0 Å². The molecule has 1 fully saturated rings. The van der Waals surface area contributed by atoms with E-state index in [-0.39, 0.29) is 16.4 Å². The zero-order chi connectivity index (χ0) is 23.4. The number of aliphatic hydroxyl groups is 1. The number of ketones is 1. The third kappa shape index (κ3) is 4.74. The highest BCUT2D eigenvalue weighted by Crippen LogP contribution is 2.41. The van der Waals surface area contributed by atoms with Gasteiger partial charge in [0.25, 0.3) is 11.7 Å². The number of likely N-dealkylation sites (tertiary alicyclic amines) is 1. The van der Waals surface area contributed by atoms with E-state index in [0.717, 1.165) is 6.54 Å². The fraction of sp³-hybridized carbons (Fsp3) is 0.333. The minimum absolute atomic E-state index is 0.0225. The number of Topliss-reactive ketones (excluding diaryl/α,β-unsaturated/α-hetero) is 1. The Labute approximate surface area is 192 Å². The van der Waals surface area contributed by atoms with Crippen LogP contribution in [0.4, 0.5) is 0 Å². The number of ether oxygens (including phenoxy) is 2. The minimum Gasteiger partial charge on any atom is -0.507 e. The lowest BCUT2D eigenvalue weighted by Gasteiger charge is -2.26. The molecule has 0 radical (unpaired) electrons. The highest BCUT2D eigenvalue weighted by Gasteiger charge is 2.45. The third-order valence-electron chi connectivity index (χ3n) is 5.38. The smallest absolute Gasteiger partial charge is 0.295 e. The molecular weight excluding hydrogens is 432 g/mol. The molecule has 1 aliphatic rings. The van der Waals surface area contributed by atoms with Crippen molar-refractivity contribution in [1.29, 1.82) is 0 Å². The quantitative estimate of drug-likeness (QED) is 0.369. The predicted molar refractivity (Wildman–Crippen MR) is 123 cm³/mol. The van der Waals surface area contributed by atoms with Crippen molar-refractivity contribution in [3.05, 3.63) is 64.2 Å². The molecule has 1 unspecified atom stereocenters. The van der Waals surface area contributed by atoms with Gasteiger partial charge in [0.05, 0.1) is 30.9 Å². The molecule has 0 saturated carbocycles. The van der Waals surface area contributed by atoms with Crippen molar-refractivity contribution in [2.45, 2.75) is 12.5 Å². The fourth-order valence-electron chi connectivity index (χ4n) is 3.80. The molecule has 0 bridgehead atoms. The lowest BCUT2D eigenvalue weighted by molar-refractivity contribution is -0.139. The second kappa shape index (κ2) is 10.1. The summed E-state index contributed by atoms with van der Waals surface area (Å²) in [5, 5.41) is 11.4. The molecule has 8 heteroatoms. The van der Waals surface area contributed by atoms with Crippen molar-refractivity contribution >= 4 is 29.1 Å². The standard InChI is InChI=1S/C24H27ClN2O5/c1-26(2)11-6-12-27-21(15-7-5-8-17(13-15)31-3)20(23(29)24(27)30)22(28)16-9-10-19(32-4)18(25)14-16/h5,7-10,13-14,21,28H,6,11-12H2,1-4H3/b22-20-. The highest BCUT2D eigenvalue weighted by atomic mass is 35.5. The molecule has 7 nitrogen and oxygen atoms in total. The number of benzene rings is 2. The predicted octanol–water partition coefficient (Wildman–Crippen LogP) is 3.73. The Bertz CT molecular complexity index is 1050. The molecule has 0 spiro atoms. The van der Waals surface area contributed by atoms with Crippen LogP contribution in [-0.2, 0) is 9.59 Å². The number of rotatable bonds is 8. The van der Waals surface area contributed by atoms with Gasteiger partial charge in [0, 0.05) is 12.1 Å². The third-order valence-corrected chi connectivity index (χ3v) is 5.67. The lowest BCUT2D eigenvalue weighted by atomic mass is 9.95. The van der Waals surface area contributed by atoms with Crippen molar-refractivity contribution in [2.24, 2.45) is 0 Å². The first-order chi connectivity index (χ1) is 15.3. The maximum Gasteiger partial charge on any atom is 0.295 e. The van der Waals surface area contributed by atoms with Gasteiger partial charge in [-0.15, -0.1) is 0 Å². The normalized spacial score (nSPS) is 17.8. The van der Waals surface area contributed by atoms with Gasteiger partial charge in [-0.05, 0) is 63.0 Å². The van der Waals surface area contributed by atoms with Crippen LogP contribution in [0.25, 0.3) is 5.76 Å². The Morgan fingerprint density at radius 1 is 1.12 bits per heavy atom. The van der Waals surface area contributed by atoms with E-state index in [1.165, 1.54) is 18.1 Å². The first-order valence-electron chi connectivity index (χ1n) is 10.2. The van der Waals surface area contributed by atoms with Crippen molar-refractivity contribution in [1.82, 2.24) is 9.80 Å². The molecular formula is C24H27ClN2O5. The summed E-state index contributed by atoms with van der Waals surface area (Å²) in [5.41, 5.74) is 1.03. The van der Waals surface area contributed by atoms with Crippen LogP contribution >= 0.6 is 11.6 Å². The maximum atomic E-state index is 13.1. The van der Waals surface area contributed by atoms with E-state index < -0.39 is 17.7 Å². The summed E-state index contributed by atoms with van der Waals surface area (Å²) in [6.07, 6.45) is 0.675. The molecule has 32 heavy (non-hydrogen) atoms. The molecule has 1 saturated heterocycles. The maximum absolute atomic E-state index is 13.1. The van der Waals surface area contributed by atoms with Gasteiger partial charge in [0.15, 0.2) is 0 Å². The summed E-state index contributed by atoms with van der Waals surface area (Å²) >= 11 is 6.22. The van der Waals surface area contributed by atoms with Gasteiger partial charge in [0.2, 0.25) is 0 Å². The number of nitrogens with zero attached hydrogens (tertiary/aromatic N) is 2. The van der Waals surface area contributed by atoms with E-state index >= 15 is 0 Å². The number of carbonyl (C=O) groups excluding carboxylic acids is 2. The number of halogens is 1. The number of methoxy groups -OCH3 is 2. The molecule has 1 amide bonds. The van der Waals surface area contributed by atoms with Crippen molar-refractivity contribution in [3.8, 4) is 11.5 Å². The van der Waals surface area contributed by atoms with E-state index in [0.29, 0.717) is 35.6 Å². The minimum atomic E-state index is -0.742. The van der Waals surface area contributed by atoms with Gasteiger partial charge in [-0.1, -0.05) is 23.7 Å². The van der Waals surface area contributed by atoms with Gasteiger partial charge in [0.1, 0.15) is 17.3 Å². The van der Waals surface area contributed by atoms with Gasteiger partial charge in [-0.3, -0.25) is 9.59 Å². The van der Waals surface area contributed by atoms with Crippen LogP contribution in [0.2, 0.25) is 5.02 Å². The Balaban J connectivity index is 2.12. The SMILES string of the molecule is COc1cccc(C2/C(=C(/O)c3ccc(OC)c(Cl)c3)C(=O)C(=O)N2CCCN(C)C)c1. The van der Waals surface area contributed by atoms with Gasteiger partial charge >= 0.3 is 0 Å². The van der Waals surface area contributed by atoms with Crippen LogP contribution in [0.5, 0.6) is 11.5 Å². The number of aliphatic hydroxyl groups excluding tert-OH is 1. The zero-order valence-corrected chi connectivity index (χ0v) is 19.3. The monoisotopic (exact) mass is 458 g/mol. The molecule has 0 aromatic heterocycles. The summed E-state index contributed by atoms with van der Waals surface area (Å²) in [7, 11) is 6.93. The lowest BCUT2D eigenvalue weighted by Crippen LogP contribution is -2.32. The Hall–Kier alpha value is -3.03.